The first-order chi connectivity index (χ1) is 10.3. The van der Waals surface area contributed by atoms with Gasteiger partial charge in [-0.1, -0.05) is 30.3 Å². The second-order valence-electron chi connectivity index (χ2n) is 6.10. The van der Waals surface area contributed by atoms with E-state index in [9.17, 15) is 18.0 Å². The van der Waals surface area contributed by atoms with Gasteiger partial charge in [0.15, 0.2) is 9.84 Å². The minimum atomic E-state index is -3.57. The number of rotatable bonds is 3. The lowest BCUT2D eigenvalue weighted by Crippen LogP contribution is -2.57. The Morgan fingerprint density at radius 2 is 1.95 bits per heavy atom. The van der Waals surface area contributed by atoms with E-state index in [2.05, 4.69) is 0 Å². The van der Waals surface area contributed by atoms with Crippen LogP contribution in [-0.2, 0) is 30.8 Å². The zero-order valence-corrected chi connectivity index (χ0v) is 13.2. The van der Waals surface area contributed by atoms with Crippen molar-refractivity contribution in [3.05, 3.63) is 35.9 Å². The standard InChI is InChI=1S/C15H17NO5S/c1-15(2)13(16-11(17)8-12(16)22(15,19)20)14(18)21-9-10-6-4-3-5-7-10/h3-7,12-13H,8-9H2,1-2H3/t12-,13+/m1/s1. The summed E-state index contributed by atoms with van der Waals surface area (Å²) in [6.45, 7) is 3.00. The number of β-lactam (4-membered cyclic amide) rings is 1. The molecule has 7 heteroatoms. The number of nitrogens with zero attached hydrogens (tertiary/aromatic N) is 1. The largest absolute Gasteiger partial charge is 0.459 e. The molecule has 1 aromatic rings. The molecule has 2 saturated heterocycles. The quantitative estimate of drug-likeness (QED) is 0.609. The third-order valence-electron chi connectivity index (χ3n) is 4.42. The number of carbonyl (C=O) groups is 2. The van der Waals surface area contributed by atoms with E-state index in [0.29, 0.717) is 0 Å². The molecule has 0 bridgehead atoms. The van der Waals surface area contributed by atoms with Crippen molar-refractivity contribution in [2.24, 2.45) is 0 Å². The summed E-state index contributed by atoms with van der Waals surface area (Å²) >= 11 is 0. The van der Waals surface area contributed by atoms with Gasteiger partial charge in [-0.2, -0.15) is 0 Å². The van der Waals surface area contributed by atoms with Crippen LogP contribution < -0.4 is 0 Å². The fraction of sp³-hybridized carbons (Fsp3) is 0.467. The molecule has 2 fully saturated rings. The number of amides is 1. The molecule has 0 aromatic heterocycles. The zero-order chi connectivity index (χ0) is 16.1. The van der Waals surface area contributed by atoms with E-state index in [4.69, 9.17) is 4.74 Å². The number of sulfone groups is 1. The Morgan fingerprint density at radius 1 is 1.32 bits per heavy atom. The van der Waals surface area contributed by atoms with E-state index in [-0.39, 0.29) is 18.9 Å². The van der Waals surface area contributed by atoms with Gasteiger partial charge in [-0.25, -0.2) is 13.2 Å². The normalized spacial score (nSPS) is 27.9. The average molecular weight is 323 g/mol. The van der Waals surface area contributed by atoms with Crippen LogP contribution in [0.15, 0.2) is 30.3 Å². The van der Waals surface area contributed by atoms with Crippen LogP contribution in [0.4, 0.5) is 0 Å². The van der Waals surface area contributed by atoms with Crippen LogP contribution in [-0.4, -0.2) is 41.4 Å². The highest BCUT2D eigenvalue weighted by Gasteiger charge is 2.68. The first kappa shape index (κ1) is 15.0. The van der Waals surface area contributed by atoms with Crippen molar-refractivity contribution in [1.82, 2.24) is 4.90 Å². The van der Waals surface area contributed by atoms with Crippen LogP contribution in [0.2, 0.25) is 0 Å². The van der Waals surface area contributed by atoms with Crippen LogP contribution in [0.1, 0.15) is 25.8 Å². The lowest BCUT2D eigenvalue weighted by Gasteiger charge is -2.36. The highest BCUT2D eigenvalue weighted by molar-refractivity contribution is 7.93. The van der Waals surface area contributed by atoms with Gasteiger partial charge in [0.1, 0.15) is 18.0 Å². The molecule has 3 rings (SSSR count). The molecule has 0 N–H and O–H groups in total. The number of carbonyl (C=O) groups excluding carboxylic acids is 2. The third-order valence-corrected chi connectivity index (χ3v) is 7.22. The summed E-state index contributed by atoms with van der Waals surface area (Å²) < 4.78 is 28.7. The topological polar surface area (TPSA) is 80.8 Å². The molecular weight excluding hydrogens is 306 g/mol. The summed E-state index contributed by atoms with van der Waals surface area (Å²) in [7, 11) is -3.57. The molecule has 1 amide bonds. The van der Waals surface area contributed by atoms with Gasteiger partial charge < -0.3 is 9.64 Å². The van der Waals surface area contributed by atoms with E-state index >= 15 is 0 Å². The van der Waals surface area contributed by atoms with E-state index in [1.165, 1.54) is 13.8 Å². The summed E-state index contributed by atoms with van der Waals surface area (Å²) in [4.78, 5) is 25.3. The molecule has 0 aliphatic carbocycles. The molecule has 22 heavy (non-hydrogen) atoms. The highest BCUT2D eigenvalue weighted by Crippen LogP contribution is 2.46. The van der Waals surface area contributed by atoms with E-state index in [1.54, 1.807) is 12.1 Å². The maximum atomic E-state index is 12.4. The average Bonchev–Trinajstić information content (AvgIpc) is 2.60. The van der Waals surface area contributed by atoms with Crippen molar-refractivity contribution < 1.29 is 22.7 Å². The first-order valence-electron chi connectivity index (χ1n) is 7.02. The SMILES string of the molecule is CC1(C)[C@H](C(=O)OCc2ccccc2)N2C(=O)C[C@H]2S1(=O)=O. The van der Waals surface area contributed by atoms with E-state index < -0.39 is 32.0 Å². The summed E-state index contributed by atoms with van der Waals surface area (Å²) in [6.07, 6.45) is -0.0474. The monoisotopic (exact) mass is 323 g/mol. The number of fused-ring (bicyclic) bond motifs is 1. The van der Waals surface area contributed by atoms with Crippen molar-refractivity contribution in [2.45, 2.75) is 43.0 Å². The molecule has 0 saturated carbocycles. The van der Waals surface area contributed by atoms with Crippen molar-refractivity contribution >= 4 is 21.7 Å². The lowest BCUT2D eigenvalue weighted by atomic mass is 9.98. The van der Waals surface area contributed by atoms with E-state index in [1.807, 2.05) is 18.2 Å². The third kappa shape index (κ3) is 1.95. The molecule has 2 heterocycles. The second-order valence-corrected chi connectivity index (χ2v) is 8.79. The van der Waals surface area contributed by atoms with Gasteiger partial charge in [-0.3, -0.25) is 4.79 Å². The van der Waals surface area contributed by atoms with Crippen LogP contribution in [0.25, 0.3) is 0 Å². The van der Waals surface area contributed by atoms with E-state index in [0.717, 1.165) is 10.5 Å². The molecule has 1 aromatic carbocycles. The minimum absolute atomic E-state index is 0.0474. The van der Waals surface area contributed by atoms with Crippen LogP contribution in [0.5, 0.6) is 0 Å². The highest BCUT2D eigenvalue weighted by atomic mass is 32.2. The van der Waals surface area contributed by atoms with Crippen LogP contribution >= 0.6 is 0 Å². The van der Waals surface area contributed by atoms with Crippen molar-refractivity contribution in [2.75, 3.05) is 0 Å². The van der Waals surface area contributed by atoms with Crippen molar-refractivity contribution in [1.29, 1.82) is 0 Å². The number of hydrogen-bond acceptors (Lipinski definition) is 5. The number of ether oxygens (including phenoxy) is 1. The molecule has 2 atom stereocenters. The van der Waals surface area contributed by atoms with Crippen molar-refractivity contribution in [3.8, 4) is 0 Å². The number of esters is 1. The number of hydrogen-bond donors (Lipinski definition) is 0. The Hall–Kier alpha value is -1.89. The van der Waals surface area contributed by atoms with Gasteiger partial charge in [0.05, 0.1) is 11.2 Å². The fourth-order valence-corrected chi connectivity index (χ4v) is 5.14. The molecule has 2 aliphatic rings. The lowest BCUT2D eigenvalue weighted by molar-refractivity contribution is -0.162. The Kier molecular flexibility index (Phi) is 3.28. The summed E-state index contributed by atoms with van der Waals surface area (Å²) in [5.41, 5.74) is 0.806. The first-order valence-corrected chi connectivity index (χ1v) is 8.56. The van der Waals surface area contributed by atoms with Crippen LogP contribution in [0.3, 0.4) is 0 Å². The fourth-order valence-electron chi connectivity index (χ4n) is 3.02. The smallest absolute Gasteiger partial charge is 0.330 e. The Morgan fingerprint density at radius 3 is 2.55 bits per heavy atom. The van der Waals surface area contributed by atoms with Gasteiger partial charge in [0, 0.05) is 0 Å². The molecular formula is C15H17NO5S. The Bertz CT molecular complexity index is 726. The van der Waals surface area contributed by atoms with Gasteiger partial charge in [0.25, 0.3) is 0 Å². The second kappa shape index (κ2) is 4.81. The molecule has 0 radical (unpaired) electrons. The summed E-state index contributed by atoms with van der Waals surface area (Å²) in [5.74, 6) is -0.992. The summed E-state index contributed by atoms with van der Waals surface area (Å²) in [6, 6.07) is 8.03. The predicted molar refractivity (Wildman–Crippen MR) is 78.3 cm³/mol. The van der Waals surface area contributed by atoms with Gasteiger partial charge in [0.2, 0.25) is 5.91 Å². The zero-order valence-electron chi connectivity index (χ0n) is 12.4. The van der Waals surface area contributed by atoms with Crippen molar-refractivity contribution in [3.63, 3.8) is 0 Å². The molecule has 6 nitrogen and oxygen atoms in total. The number of benzene rings is 1. The molecule has 118 valence electrons. The summed E-state index contributed by atoms with van der Waals surface area (Å²) in [5, 5.41) is -0.885. The molecule has 2 aliphatic heterocycles. The maximum Gasteiger partial charge on any atom is 0.330 e. The Balaban J connectivity index is 1.81. The van der Waals surface area contributed by atoms with Crippen LogP contribution in [0, 0.1) is 0 Å². The predicted octanol–water partition coefficient (Wildman–Crippen LogP) is 0.864. The Labute approximate surface area is 129 Å². The maximum absolute atomic E-state index is 12.4. The minimum Gasteiger partial charge on any atom is -0.459 e. The van der Waals surface area contributed by atoms with Gasteiger partial charge >= 0.3 is 5.97 Å². The van der Waals surface area contributed by atoms with Gasteiger partial charge in [-0.15, -0.1) is 0 Å². The van der Waals surface area contributed by atoms with Gasteiger partial charge in [-0.05, 0) is 19.4 Å². The molecule has 0 unspecified atom stereocenters. The molecule has 0 spiro atoms.